The second-order valence-electron chi connectivity index (χ2n) is 1.38. The second-order valence-corrected chi connectivity index (χ2v) is 2.62. The molecule has 0 aromatic carbocycles. The van der Waals surface area contributed by atoms with Crippen molar-refractivity contribution in [3.8, 4) is 0 Å². The molecule has 0 radical (unpaired) electrons. The Bertz CT molecular complexity index is 152. The van der Waals surface area contributed by atoms with E-state index in [4.69, 9.17) is 9.79 Å². The minimum absolute atomic E-state index is 0. The number of hydrogen-bond acceptors (Lipinski definition) is 2. The van der Waals surface area contributed by atoms with E-state index >= 15 is 0 Å². The van der Waals surface area contributed by atoms with Crippen molar-refractivity contribution in [1.82, 2.24) is 0 Å². The Morgan fingerprint density at radius 3 is 1.82 bits per heavy atom. The first-order valence-electron chi connectivity index (χ1n) is 1.97. The van der Waals surface area contributed by atoms with Gasteiger partial charge in [0.05, 0.1) is 0 Å². The Morgan fingerprint density at radius 1 is 1.36 bits per heavy atom. The van der Waals surface area contributed by atoms with Gasteiger partial charge in [-0.1, -0.05) is 0 Å². The quantitative estimate of drug-likeness (QED) is 0.508. The van der Waals surface area contributed by atoms with Crippen molar-refractivity contribution < 1.29 is 32.0 Å². The molecule has 0 saturated carbocycles. The van der Waals surface area contributed by atoms with Crippen molar-refractivity contribution in [1.29, 1.82) is 0 Å². The zero-order valence-corrected chi connectivity index (χ0v) is 5.39. The van der Waals surface area contributed by atoms with Crippen LogP contribution in [0.3, 0.4) is 0 Å². The molecule has 11 heavy (non-hydrogen) atoms. The summed E-state index contributed by atoms with van der Waals surface area (Å²) < 4.78 is 46.1. The van der Waals surface area contributed by atoms with Gasteiger partial charge < -0.3 is 9.79 Å². The Kier molecular flexibility index (Phi) is 7.25. The van der Waals surface area contributed by atoms with Gasteiger partial charge in [-0.15, -0.1) is 0 Å². The third-order valence-electron chi connectivity index (χ3n) is 0.396. The van der Waals surface area contributed by atoms with Crippen molar-refractivity contribution in [2.75, 3.05) is 6.61 Å². The Hall–Kier alpha value is 1.54. The Morgan fingerprint density at radius 2 is 1.73 bits per heavy atom. The fourth-order valence-electron chi connectivity index (χ4n) is 0.157. The predicted molar refractivity (Wildman–Crippen MR) is 31.2 cm³/mol. The van der Waals surface area contributed by atoms with Crippen molar-refractivity contribution in [3.05, 3.63) is 0 Å². The molecule has 0 unspecified atom stereocenters. The fourth-order valence-corrected chi connectivity index (χ4v) is 0.472. The molecular formula is C2H5F3KO4P. The molecule has 9 heteroatoms. The third-order valence-corrected chi connectivity index (χ3v) is 0.862. The van der Waals surface area contributed by atoms with Gasteiger partial charge in [0.15, 0.2) is 6.61 Å². The van der Waals surface area contributed by atoms with Gasteiger partial charge in [0.25, 0.3) is 0 Å². The summed E-state index contributed by atoms with van der Waals surface area (Å²) >= 11 is 0. The first-order valence-corrected chi connectivity index (χ1v) is 3.50. The van der Waals surface area contributed by atoms with E-state index in [9.17, 15) is 17.7 Å². The number of halogens is 3. The second kappa shape index (κ2) is 5.31. The fraction of sp³-hybridized carbons (Fsp3) is 1.00. The van der Waals surface area contributed by atoms with Crippen LogP contribution in [0, 0.1) is 0 Å². The van der Waals surface area contributed by atoms with E-state index in [-0.39, 0.29) is 51.4 Å². The van der Waals surface area contributed by atoms with Crippen LogP contribution in [0.15, 0.2) is 0 Å². The number of phosphoric ester groups is 1. The van der Waals surface area contributed by atoms with Gasteiger partial charge in [-0.25, -0.2) is 4.57 Å². The van der Waals surface area contributed by atoms with Gasteiger partial charge in [0.2, 0.25) is 0 Å². The molecule has 0 aliphatic rings. The maximum atomic E-state index is 11.1. The predicted octanol–water partition coefficient (Wildman–Crippen LogP) is 0.00950. The summed E-state index contributed by atoms with van der Waals surface area (Å²) in [5, 5.41) is 0. The van der Waals surface area contributed by atoms with Gasteiger partial charge >= 0.3 is 65.4 Å². The molecule has 0 aliphatic carbocycles. The monoisotopic (exact) mass is 220 g/mol. The standard InChI is InChI=1S/C2H4F3O4P.K.H/c3-2(4,5)1-9-10(6,7)8;;/h1H2,(H2,6,7,8);;. The molecule has 0 bridgehead atoms. The average Bonchev–Trinajstić information content (AvgIpc) is 1.57. The van der Waals surface area contributed by atoms with E-state index in [2.05, 4.69) is 4.52 Å². The van der Waals surface area contributed by atoms with E-state index < -0.39 is 20.6 Å². The molecule has 0 spiro atoms. The van der Waals surface area contributed by atoms with Crippen LogP contribution >= 0.6 is 7.82 Å². The van der Waals surface area contributed by atoms with Crippen molar-refractivity contribution in [3.63, 3.8) is 0 Å². The summed E-state index contributed by atoms with van der Waals surface area (Å²) in [6, 6.07) is 0. The summed E-state index contributed by atoms with van der Waals surface area (Å²) in [4.78, 5) is 15.5. The molecular weight excluding hydrogens is 215 g/mol. The molecule has 0 atom stereocenters. The molecule has 64 valence electrons. The van der Waals surface area contributed by atoms with E-state index in [0.29, 0.717) is 0 Å². The third kappa shape index (κ3) is 14.4. The van der Waals surface area contributed by atoms with Crippen LogP contribution in [0.1, 0.15) is 0 Å². The van der Waals surface area contributed by atoms with Crippen LogP contribution in [0.4, 0.5) is 13.2 Å². The van der Waals surface area contributed by atoms with Crippen LogP contribution < -0.4 is 0 Å². The number of alkyl halides is 3. The molecule has 0 aromatic heterocycles. The molecule has 0 fully saturated rings. The molecule has 2 N–H and O–H groups in total. The molecule has 0 aliphatic heterocycles. The van der Waals surface area contributed by atoms with Gasteiger partial charge in [-0.3, -0.25) is 4.52 Å². The van der Waals surface area contributed by atoms with Crippen LogP contribution in [-0.2, 0) is 9.09 Å². The zero-order chi connectivity index (χ0) is 8.41. The summed E-state index contributed by atoms with van der Waals surface area (Å²) in [7, 11) is -4.98. The van der Waals surface area contributed by atoms with Crippen LogP contribution in [0.5, 0.6) is 0 Å². The molecule has 0 heterocycles. The average molecular weight is 220 g/mol. The van der Waals surface area contributed by atoms with E-state index in [1.54, 1.807) is 0 Å². The SMILES string of the molecule is O=P(O)(O)OCC(F)(F)F.[KH]. The molecule has 0 amide bonds. The van der Waals surface area contributed by atoms with Gasteiger partial charge in [0, 0.05) is 0 Å². The van der Waals surface area contributed by atoms with Gasteiger partial charge in [-0.05, 0) is 0 Å². The first kappa shape index (κ1) is 15.0. The number of phosphoric acid groups is 1. The van der Waals surface area contributed by atoms with Gasteiger partial charge in [-0.2, -0.15) is 13.2 Å². The molecule has 0 aromatic rings. The molecule has 0 rings (SSSR count). The van der Waals surface area contributed by atoms with Crippen LogP contribution in [0.2, 0.25) is 0 Å². The maximum absolute atomic E-state index is 11.1. The summed E-state index contributed by atoms with van der Waals surface area (Å²) in [6.45, 7) is -1.93. The van der Waals surface area contributed by atoms with Crippen molar-refractivity contribution in [2.24, 2.45) is 0 Å². The summed E-state index contributed by atoms with van der Waals surface area (Å²) in [5.74, 6) is 0. The Balaban J connectivity index is 0. The van der Waals surface area contributed by atoms with E-state index in [1.807, 2.05) is 0 Å². The zero-order valence-electron chi connectivity index (χ0n) is 4.50. The molecule has 4 nitrogen and oxygen atoms in total. The van der Waals surface area contributed by atoms with Crippen molar-refractivity contribution >= 4 is 59.2 Å². The number of rotatable bonds is 2. The molecule has 0 saturated heterocycles. The first-order chi connectivity index (χ1) is 4.21. The van der Waals surface area contributed by atoms with Gasteiger partial charge in [0.1, 0.15) is 0 Å². The summed E-state index contributed by atoms with van der Waals surface area (Å²) in [6.07, 6.45) is -4.71. The van der Waals surface area contributed by atoms with E-state index in [0.717, 1.165) is 0 Å². The van der Waals surface area contributed by atoms with Crippen LogP contribution in [0.25, 0.3) is 0 Å². The minimum atomic E-state index is -4.98. The number of hydrogen-bond donors (Lipinski definition) is 2. The van der Waals surface area contributed by atoms with Crippen molar-refractivity contribution in [2.45, 2.75) is 6.18 Å². The Labute approximate surface area is 103 Å². The summed E-state index contributed by atoms with van der Waals surface area (Å²) in [5.41, 5.74) is 0. The van der Waals surface area contributed by atoms with Crippen LogP contribution in [-0.4, -0.2) is 74.0 Å². The normalized spacial score (nSPS) is 12.5. The topological polar surface area (TPSA) is 66.8 Å². The van der Waals surface area contributed by atoms with E-state index in [1.165, 1.54) is 0 Å².